The van der Waals surface area contributed by atoms with Crippen molar-refractivity contribution in [3.63, 3.8) is 0 Å². The molecule has 3 aromatic rings. The minimum atomic E-state index is -1.09. The molecule has 0 radical (unpaired) electrons. The van der Waals surface area contributed by atoms with Gasteiger partial charge < -0.3 is 5.11 Å². The first-order valence-corrected chi connectivity index (χ1v) is 7.16. The van der Waals surface area contributed by atoms with Gasteiger partial charge in [0, 0.05) is 16.6 Å². The third-order valence-electron chi connectivity index (χ3n) is 2.94. The average molecular weight is 300 g/mol. The molecule has 0 aliphatic rings. The maximum Gasteiger partial charge on any atom is 0.358 e. The van der Waals surface area contributed by atoms with Crippen molar-refractivity contribution in [3.8, 4) is 11.3 Å². The Kier molecular flexibility index (Phi) is 3.49. The molecule has 0 aliphatic heterocycles. The van der Waals surface area contributed by atoms with E-state index < -0.39 is 5.97 Å². The molecule has 0 aliphatic carbocycles. The van der Waals surface area contributed by atoms with E-state index in [1.165, 1.54) is 11.3 Å². The van der Waals surface area contributed by atoms with Crippen LogP contribution >= 0.6 is 11.3 Å². The predicted molar refractivity (Wildman–Crippen MR) is 78.4 cm³/mol. The van der Waals surface area contributed by atoms with Gasteiger partial charge in [0.25, 0.3) is 0 Å². The van der Waals surface area contributed by atoms with Crippen LogP contribution in [0, 0.1) is 6.92 Å². The summed E-state index contributed by atoms with van der Waals surface area (Å²) in [6, 6.07) is 9.27. The van der Waals surface area contributed by atoms with Gasteiger partial charge in [0.15, 0.2) is 5.69 Å². The highest BCUT2D eigenvalue weighted by atomic mass is 32.1. The van der Waals surface area contributed by atoms with Gasteiger partial charge in [-0.1, -0.05) is 35.5 Å². The quantitative estimate of drug-likeness (QED) is 0.800. The Bertz CT molecular complexity index is 779. The molecule has 0 saturated heterocycles. The maximum atomic E-state index is 11.3. The number of carboxylic acids is 1. The van der Waals surface area contributed by atoms with Gasteiger partial charge in [-0.15, -0.1) is 16.4 Å². The van der Waals surface area contributed by atoms with Crippen LogP contribution in [0.5, 0.6) is 0 Å². The molecule has 0 atom stereocenters. The Balaban J connectivity index is 2.07. The summed E-state index contributed by atoms with van der Waals surface area (Å²) < 4.78 is 1.58. The lowest BCUT2D eigenvalue weighted by atomic mass is 10.1. The van der Waals surface area contributed by atoms with Crippen molar-refractivity contribution in [2.24, 2.45) is 0 Å². The summed E-state index contributed by atoms with van der Waals surface area (Å²) in [6.07, 6.45) is 0. The summed E-state index contributed by atoms with van der Waals surface area (Å²) in [7, 11) is 0. The van der Waals surface area contributed by atoms with Crippen molar-refractivity contribution in [2.45, 2.75) is 13.5 Å². The highest BCUT2D eigenvalue weighted by molar-refractivity contribution is 7.09. The molecular weight excluding hydrogens is 288 g/mol. The summed E-state index contributed by atoms with van der Waals surface area (Å²) >= 11 is 1.52. The van der Waals surface area contributed by atoms with Gasteiger partial charge in [-0.2, -0.15) is 0 Å². The van der Waals surface area contributed by atoms with Gasteiger partial charge in [-0.3, -0.25) is 0 Å². The molecule has 3 rings (SSSR count). The van der Waals surface area contributed by atoms with Crippen LogP contribution in [0.1, 0.15) is 21.2 Å². The van der Waals surface area contributed by atoms with E-state index in [0.717, 1.165) is 16.3 Å². The number of thiazole rings is 1. The highest BCUT2D eigenvalue weighted by Gasteiger charge is 2.21. The molecular formula is C14H12N4O2S. The molecule has 2 aromatic heterocycles. The van der Waals surface area contributed by atoms with Crippen LogP contribution in [0.15, 0.2) is 35.7 Å². The summed E-state index contributed by atoms with van der Waals surface area (Å²) in [5.74, 6) is -1.09. The smallest absolute Gasteiger partial charge is 0.358 e. The molecule has 0 amide bonds. The topological polar surface area (TPSA) is 80.9 Å². The van der Waals surface area contributed by atoms with Crippen molar-refractivity contribution in [3.05, 3.63) is 52.1 Å². The summed E-state index contributed by atoms with van der Waals surface area (Å²) in [5, 5.41) is 19.9. The monoisotopic (exact) mass is 300 g/mol. The molecule has 106 valence electrons. The first-order chi connectivity index (χ1) is 10.1. The molecule has 2 heterocycles. The van der Waals surface area contributed by atoms with Gasteiger partial charge in [0.2, 0.25) is 0 Å². The minimum Gasteiger partial charge on any atom is -0.476 e. The van der Waals surface area contributed by atoms with Gasteiger partial charge in [0.1, 0.15) is 10.7 Å². The number of carboxylic acid groups (broad SMARTS) is 1. The fourth-order valence-electron chi connectivity index (χ4n) is 2.05. The van der Waals surface area contributed by atoms with E-state index >= 15 is 0 Å². The molecule has 0 spiro atoms. The molecule has 6 nitrogen and oxygen atoms in total. The number of carbonyl (C=O) groups is 1. The lowest BCUT2D eigenvalue weighted by Gasteiger charge is -2.05. The van der Waals surface area contributed by atoms with Gasteiger partial charge in [-0.25, -0.2) is 14.5 Å². The lowest BCUT2D eigenvalue weighted by molar-refractivity contribution is 0.0691. The molecule has 0 saturated carbocycles. The van der Waals surface area contributed by atoms with Crippen molar-refractivity contribution < 1.29 is 9.90 Å². The molecule has 1 aromatic carbocycles. The van der Waals surface area contributed by atoms with E-state index in [1.54, 1.807) is 4.68 Å². The number of hydrogen-bond donors (Lipinski definition) is 1. The van der Waals surface area contributed by atoms with Crippen LogP contribution in [0.2, 0.25) is 0 Å². The van der Waals surface area contributed by atoms with E-state index in [4.69, 9.17) is 0 Å². The van der Waals surface area contributed by atoms with Crippen LogP contribution < -0.4 is 0 Å². The Labute approximate surface area is 124 Å². The van der Waals surface area contributed by atoms with Gasteiger partial charge in [0.05, 0.1) is 6.54 Å². The van der Waals surface area contributed by atoms with Crippen LogP contribution in [-0.2, 0) is 6.54 Å². The van der Waals surface area contributed by atoms with Crippen LogP contribution in [0.25, 0.3) is 11.3 Å². The van der Waals surface area contributed by atoms with Crippen molar-refractivity contribution in [1.29, 1.82) is 0 Å². The number of aromatic carboxylic acids is 1. The molecule has 7 heteroatoms. The first kappa shape index (κ1) is 13.4. The zero-order chi connectivity index (χ0) is 14.8. The second-order valence-electron chi connectivity index (χ2n) is 4.50. The number of rotatable bonds is 4. The third kappa shape index (κ3) is 2.68. The highest BCUT2D eigenvalue weighted by Crippen LogP contribution is 2.23. The lowest BCUT2D eigenvalue weighted by Crippen LogP contribution is -2.06. The van der Waals surface area contributed by atoms with Crippen LogP contribution in [0.3, 0.4) is 0 Å². The molecule has 1 N–H and O–H groups in total. The second-order valence-corrected chi connectivity index (χ2v) is 5.44. The SMILES string of the molecule is Cc1csc(Cn2nnc(C(=O)O)c2-c2ccccc2)n1. The van der Waals surface area contributed by atoms with E-state index in [0.29, 0.717) is 12.2 Å². The zero-order valence-electron chi connectivity index (χ0n) is 11.2. The fraction of sp³-hybridized carbons (Fsp3) is 0.143. The van der Waals surface area contributed by atoms with Crippen LogP contribution in [-0.4, -0.2) is 31.1 Å². The summed E-state index contributed by atoms with van der Waals surface area (Å²) in [4.78, 5) is 15.7. The standard InChI is InChI=1S/C14H12N4O2S/c1-9-8-21-11(15-9)7-18-13(10-5-3-2-4-6-10)12(14(19)20)16-17-18/h2-6,8H,7H2,1H3,(H,19,20). The van der Waals surface area contributed by atoms with E-state index in [-0.39, 0.29) is 5.69 Å². The molecule has 0 unspecified atom stereocenters. The Hall–Kier alpha value is -2.54. The number of nitrogens with zero attached hydrogens (tertiary/aromatic N) is 4. The van der Waals surface area contributed by atoms with E-state index in [1.807, 2.05) is 42.6 Å². The molecule has 21 heavy (non-hydrogen) atoms. The third-order valence-corrected chi connectivity index (χ3v) is 3.89. The Morgan fingerprint density at radius 2 is 2.10 bits per heavy atom. The summed E-state index contributed by atoms with van der Waals surface area (Å²) in [5.41, 5.74) is 2.16. The minimum absolute atomic E-state index is 0.0468. The Morgan fingerprint density at radius 3 is 2.71 bits per heavy atom. The normalized spacial score (nSPS) is 10.7. The van der Waals surface area contributed by atoms with Crippen molar-refractivity contribution in [2.75, 3.05) is 0 Å². The first-order valence-electron chi connectivity index (χ1n) is 6.28. The predicted octanol–water partition coefficient (Wildman–Crippen LogP) is 2.46. The van der Waals surface area contributed by atoms with Gasteiger partial charge in [-0.05, 0) is 6.92 Å². The number of hydrogen-bond acceptors (Lipinski definition) is 5. The number of aromatic nitrogens is 4. The van der Waals surface area contributed by atoms with E-state index in [9.17, 15) is 9.90 Å². The zero-order valence-corrected chi connectivity index (χ0v) is 12.0. The maximum absolute atomic E-state index is 11.3. The molecule has 0 bridgehead atoms. The summed E-state index contributed by atoms with van der Waals surface area (Å²) in [6.45, 7) is 2.32. The fourth-order valence-corrected chi connectivity index (χ4v) is 2.81. The largest absolute Gasteiger partial charge is 0.476 e. The van der Waals surface area contributed by atoms with Crippen LogP contribution in [0.4, 0.5) is 0 Å². The van der Waals surface area contributed by atoms with E-state index in [2.05, 4.69) is 15.3 Å². The Morgan fingerprint density at radius 1 is 1.33 bits per heavy atom. The van der Waals surface area contributed by atoms with Crippen molar-refractivity contribution in [1.82, 2.24) is 20.0 Å². The number of aryl methyl sites for hydroxylation is 1. The van der Waals surface area contributed by atoms with Gasteiger partial charge >= 0.3 is 5.97 Å². The number of benzene rings is 1. The molecule has 0 fully saturated rings. The average Bonchev–Trinajstić information content (AvgIpc) is 3.07. The second kappa shape index (κ2) is 5.45. The van der Waals surface area contributed by atoms with Crippen molar-refractivity contribution >= 4 is 17.3 Å².